The summed E-state index contributed by atoms with van der Waals surface area (Å²) >= 11 is 4.79. The Morgan fingerprint density at radius 1 is 1.53 bits per heavy atom. The molecule has 2 N–H and O–H groups in total. The van der Waals surface area contributed by atoms with E-state index in [1.165, 1.54) is 22.6 Å². The van der Waals surface area contributed by atoms with E-state index in [2.05, 4.69) is 4.98 Å². The van der Waals surface area contributed by atoms with Gasteiger partial charge >= 0.3 is 0 Å². The molecule has 1 aromatic rings. The van der Waals surface area contributed by atoms with Gasteiger partial charge in [-0.1, -0.05) is 12.2 Å². The van der Waals surface area contributed by atoms with Crippen LogP contribution >= 0.6 is 12.2 Å². The molecular weight excluding hydrogens is 282 g/mol. The number of thiocarbonyl (C=S) groups is 1. The fourth-order valence-corrected chi connectivity index (χ4v) is 3.43. The van der Waals surface area contributed by atoms with Gasteiger partial charge < -0.3 is 5.73 Å². The summed E-state index contributed by atoms with van der Waals surface area (Å²) in [6.07, 6.45) is 3.50. The highest BCUT2D eigenvalue weighted by molar-refractivity contribution is 7.89. The number of nitrogens with two attached hydrogens (primary N) is 1. The Bertz CT molecular complexity index is 579. The number of aromatic nitrogens is 1. The van der Waals surface area contributed by atoms with Crippen molar-refractivity contribution in [3.63, 3.8) is 0 Å². The Morgan fingerprint density at radius 3 is 2.58 bits per heavy atom. The molecule has 5 nitrogen and oxygen atoms in total. The summed E-state index contributed by atoms with van der Waals surface area (Å²) in [6, 6.07) is 3.04. The van der Waals surface area contributed by atoms with E-state index >= 15 is 0 Å². The quantitative estimate of drug-likeness (QED) is 0.825. The van der Waals surface area contributed by atoms with Gasteiger partial charge in [0.25, 0.3) is 0 Å². The lowest BCUT2D eigenvalue weighted by Gasteiger charge is -2.24. The third-order valence-corrected chi connectivity index (χ3v) is 5.68. The summed E-state index contributed by atoms with van der Waals surface area (Å²) in [6.45, 7) is 1.94. The van der Waals surface area contributed by atoms with Crippen LogP contribution in [0.3, 0.4) is 0 Å². The molecule has 1 unspecified atom stereocenters. The average Bonchev–Trinajstić information content (AvgIpc) is 3.21. The largest absolute Gasteiger partial charge is 0.388 e. The van der Waals surface area contributed by atoms with Gasteiger partial charge in [0.1, 0.15) is 9.88 Å². The van der Waals surface area contributed by atoms with Crippen molar-refractivity contribution in [2.45, 2.75) is 30.7 Å². The SMILES string of the molecule is CC(C1CC1)N(C)S(=O)(=O)c1ccc(C(N)=S)nc1. The standard InChI is InChI=1S/C12H17N3O2S2/c1-8(9-3-4-9)15(2)19(16,17)10-5-6-11(12(13)18)14-7-10/h5-9H,3-4H2,1-2H3,(H2,13,18). The molecule has 1 atom stereocenters. The van der Waals surface area contributed by atoms with Crippen molar-refractivity contribution >= 4 is 27.2 Å². The van der Waals surface area contributed by atoms with Gasteiger partial charge in [-0.3, -0.25) is 4.98 Å². The molecular formula is C12H17N3O2S2. The molecule has 0 spiro atoms. The zero-order valence-electron chi connectivity index (χ0n) is 10.9. The molecule has 1 heterocycles. The second kappa shape index (κ2) is 5.15. The lowest BCUT2D eigenvalue weighted by molar-refractivity contribution is 0.357. The molecule has 1 fully saturated rings. The second-order valence-corrected chi connectivity index (χ2v) is 7.28. The number of rotatable bonds is 5. The molecule has 0 radical (unpaired) electrons. The van der Waals surface area contributed by atoms with Gasteiger partial charge in [-0.05, 0) is 37.8 Å². The van der Waals surface area contributed by atoms with Crippen molar-refractivity contribution in [3.05, 3.63) is 24.0 Å². The van der Waals surface area contributed by atoms with Crippen LogP contribution in [0.4, 0.5) is 0 Å². The minimum Gasteiger partial charge on any atom is -0.388 e. The molecule has 7 heteroatoms. The van der Waals surface area contributed by atoms with E-state index in [0.717, 1.165) is 12.8 Å². The Balaban J connectivity index is 2.25. The summed E-state index contributed by atoms with van der Waals surface area (Å²) in [7, 11) is -1.89. The van der Waals surface area contributed by atoms with Crippen LogP contribution in [0.15, 0.2) is 23.2 Å². The summed E-state index contributed by atoms with van der Waals surface area (Å²) in [4.78, 5) is 4.30. The van der Waals surface area contributed by atoms with E-state index in [1.54, 1.807) is 7.05 Å². The molecule has 1 aliphatic rings. The molecule has 1 aliphatic carbocycles. The monoisotopic (exact) mass is 299 g/mol. The Labute approximate surface area is 118 Å². The van der Waals surface area contributed by atoms with Crippen molar-refractivity contribution in [2.75, 3.05) is 7.05 Å². The Morgan fingerprint density at radius 2 is 2.16 bits per heavy atom. The molecule has 2 rings (SSSR count). The van der Waals surface area contributed by atoms with Crippen molar-refractivity contribution in [2.24, 2.45) is 11.7 Å². The number of sulfonamides is 1. The van der Waals surface area contributed by atoms with Crippen LogP contribution in [0.5, 0.6) is 0 Å². The van der Waals surface area contributed by atoms with Gasteiger partial charge in [-0.25, -0.2) is 8.42 Å². The fraction of sp³-hybridized carbons (Fsp3) is 0.500. The Hall–Kier alpha value is -1.05. The lowest BCUT2D eigenvalue weighted by Crippen LogP contribution is -2.36. The molecule has 0 aliphatic heterocycles. The zero-order valence-corrected chi connectivity index (χ0v) is 12.5. The summed E-state index contributed by atoms with van der Waals surface area (Å²) in [5.74, 6) is 0.476. The van der Waals surface area contributed by atoms with Crippen molar-refractivity contribution in [3.8, 4) is 0 Å². The van der Waals surface area contributed by atoms with Gasteiger partial charge in [-0.15, -0.1) is 0 Å². The summed E-state index contributed by atoms with van der Waals surface area (Å²) in [5.41, 5.74) is 5.86. The minimum atomic E-state index is -3.50. The van der Waals surface area contributed by atoms with Crippen LogP contribution in [-0.2, 0) is 10.0 Å². The molecule has 1 aromatic heterocycles. The highest BCUT2D eigenvalue weighted by atomic mass is 32.2. The molecule has 19 heavy (non-hydrogen) atoms. The van der Waals surface area contributed by atoms with Gasteiger partial charge in [-0.2, -0.15) is 4.31 Å². The van der Waals surface area contributed by atoms with Gasteiger partial charge in [0, 0.05) is 19.3 Å². The van der Waals surface area contributed by atoms with Gasteiger partial charge in [0.05, 0.1) is 5.69 Å². The molecule has 0 saturated heterocycles. The van der Waals surface area contributed by atoms with Crippen molar-refractivity contribution in [1.29, 1.82) is 0 Å². The average molecular weight is 299 g/mol. The van der Waals surface area contributed by atoms with E-state index in [-0.39, 0.29) is 15.9 Å². The van der Waals surface area contributed by atoms with Crippen LogP contribution in [0.25, 0.3) is 0 Å². The molecule has 0 bridgehead atoms. The first-order valence-corrected chi connectivity index (χ1v) is 7.92. The maximum atomic E-state index is 12.4. The number of hydrogen-bond acceptors (Lipinski definition) is 4. The lowest BCUT2D eigenvalue weighted by atomic mass is 10.2. The molecule has 104 valence electrons. The van der Waals surface area contributed by atoms with Crippen LogP contribution in [0, 0.1) is 5.92 Å². The highest BCUT2D eigenvalue weighted by Gasteiger charge is 2.36. The van der Waals surface area contributed by atoms with Crippen LogP contribution in [-0.4, -0.2) is 35.8 Å². The van der Waals surface area contributed by atoms with E-state index in [1.807, 2.05) is 6.92 Å². The molecule has 1 saturated carbocycles. The molecule has 0 aromatic carbocycles. The maximum absolute atomic E-state index is 12.4. The maximum Gasteiger partial charge on any atom is 0.244 e. The van der Waals surface area contributed by atoms with Crippen molar-refractivity contribution in [1.82, 2.24) is 9.29 Å². The second-order valence-electron chi connectivity index (χ2n) is 4.84. The van der Waals surface area contributed by atoms with Gasteiger partial charge in [0.2, 0.25) is 10.0 Å². The number of pyridine rings is 1. The van der Waals surface area contributed by atoms with Crippen LogP contribution in [0.1, 0.15) is 25.5 Å². The number of nitrogens with zero attached hydrogens (tertiary/aromatic N) is 2. The predicted molar refractivity (Wildman–Crippen MR) is 77.3 cm³/mol. The van der Waals surface area contributed by atoms with E-state index in [4.69, 9.17) is 18.0 Å². The van der Waals surface area contributed by atoms with Crippen molar-refractivity contribution < 1.29 is 8.42 Å². The van der Waals surface area contributed by atoms with E-state index in [9.17, 15) is 8.42 Å². The third kappa shape index (κ3) is 2.93. The first-order chi connectivity index (χ1) is 8.84. The number of hydrogen-bond donors (Lipinski definition) is 1. The highest BCUT2D eigenvalue weighted by Crippen LogP contribution is 2.36. The fourth-order valence-electron chi connectivity index (χ4n) is 1.94. The normalized spacial score (nSPS) is 17.4. The topological polar surface area (TPSA) is 76.3 Å². The van der Waals surface area contributed by atoms with E-state index in [0.29, 0.717) is 11.6 Å². The first-order valence-electron chi connectivity index (χ1n) is 6.08. The summed E-state index contributed by atoms with van der Waals surface area (Å²) in [5, 5.41) is 0. The third-order valence-electron chi connectivity index (χ3n) is 3.54. The minimum absolute atomic E-state index is 0.0141. The van der Waals surface area contributed by atoms with Gasteiger partial charge in [0.15, 0.2) is 0 Å². The van der Waals surface area contributed by atoms with Crippen LogP contribution < -0.4 is 5.73 Å². The molecule has 0 amide bonds. The summed E-state index contributed by atoms with van der Waals surface area (Å²) < 4.78 is 26.2. The Kier molecular flexibility index (Phi) is 3.89. The van der Waals surface area contributed by atoms with E-state index < -0.39 is 10.0 Å². The smallest absolute Gasteiger partial charge is 0.244 e. The van der Waals surface area contributed by atoms with Crippen LogP contribution in [0.2, 0.25) is 0 Å². The zero-order chi connectivity index (χ0) is 14.2. The predicted octanol–water partition coefficient (Wildman–Crippen LogP) is 1.13. The first kappa shape index (κ1) is 14.4.